The SMILES string of the molecule is CCCCC(CC)COc1cc2scc(OCC(CC)CCCC)c2c2occc12. The maximum Gasteiger partial charge on any atom is 0.149 e. The van der Waals surface area contributed by atoms with Crippen molar-refractivity contribution in [2.24, 2.45) is 11.8 Å². The number of thiophene rings is 1. The van der Waals surface area contributed by atoms with Crippen molar-refractivity contribution in [3.05, 3.63) is 23.8 Å². The molecule has 2 aromatic heterocycles. The molecule has 0 fully saturated rings. The number of furan rings is 1. The third-order valence-electron chi connectivity index (χ3n) is 6.24. The zero-order chi connectivity index (χ0) is 21.3. The molecule has 0 amide bonds. The lowest BCUT2D eigenvalue weighted by atomic mass is 10.0. The van der Waals surface area contributed by atoms with E-state index in [1.165, 1.54) is 43.2 Å². The van der Waals surface area contributed by atoms with Crippen LogP contribution < -0.4 is 9.47 Å². The van der Waals surface area contributed by atoms with Gasteiger partial charge >= 0.3 is 0 Å². The minimum Gasteiger partial charge on any atom is -0.492 e. The highest BCUT2D eigenvalue weighted by molar-refractivity contribution is 7.17. The summed E-state index contributed by atoms with van der Waals surface area (Å²) in [6, 6.07) is 4.19. The number of hydrogen-bond donors (Lipinski definition) is 0. The van der Waals surface area contributed by atoms with Gasteiger partial charge in [0.1, 0.15) is 17.1 Å². The summed E-state index contributed by atoms with van der Waals surface area (Å²) in [4.78, 5) is 0. The predicted molar refractivity (Wildman–Crippen MR) is 129 cm³/mol. The summed E-state index contributed by atoms with van der Waals surface area (Å²) in [5.74, 6) is 3.11. The van der Waals surface area contributed by atoms with E-state index in [-0.39, 0.29) is 0 Å². The van der Waals surface area contributed by atoms with E-state index in [9.17, 15) is 0 Å². The standard InChI is InChI=1S/C26H38O3S/c1-5-9-11-19(7-3)16-28-22-15-24-25(26-21(22)13-14-27-26)23(18-30-24)29-17-20(8-4)12-10-6-2/h13-15,18-20H,5-12,16-17H2,1-4H3. The normalized spacial score (nSPS) is 13.7. The molecular weight excluding hydrogens is 392 g/mol. The van der Waals surface area contributed by atoms with Crippen LogP contribution in [0.1, 0.15) is 79.1 Å². The van der Waals surface area contributed by atoms with Gasteiger partial charge in [-0.3, -0.25) is 0 Å². The van der Waals surface area contributed by atoms with E-state index in [2.05, 4.69) is 39.1 Å². The van der Waals surface area contributed by atoms with Crippen LogP contribution in [0.25, 0.3) is 21.1 Å². The minimum atomic E-state index is 0.610. The van der Waals surface area contributed by atoms with E-state index >= 15 is 0 Å². The predicted octanol–water partition coefficient (Wildman–Crippen LogP) is 8.84. The molecule has 0 saturated carbocycles. The van der Waals surface area contributed by atoms with Crippen LogP contribution in [-0.2, 0) is 0 Å². The molecule has 4 heteroatoms. The van der Waals surface area contributed by atoms with Crippen molar-refractivity contribution in [1.29, 1.82) is 0 Å². The topological polar surface area (TPSA) is 31.6 Å². The van der Waals surface area contributed by atoms with Crippen LogP contribution >= 0.6 is 11.3 Å². The summed E-state index contributed by atoms with van der Waals surface area (Å²) in [5, 5.41) is 4.27. The molecule has 0 radical (unpaired) electrons. The highest BCUT2D eigenvalue weighted by Crippen LogP contribution is 2.43. The van der Waals surface area contributed by atoms with Crippen LogP contribution in [0.3, 0.4) is 0 Å². The van der Waals surface area contributed by atoms with Gasteiger partial charge in [-0.05, 0) is 36.8 Å². The van der Waals surface area contributed by atoms with Crippen molar-refractivity contribution in [3.63, 3.8) is 0 Å². The Morgan fingerprint density at radius 3 is 2.13 bits per heavy atom. The molecular formula is C26H38O3S. The zero-order valence-electron chi connectivity index (χ0n) is 19.2. The lowest BCUT2D eigenvalue weighted by Gasteiger charge is -2.17. The average Bonchev–Trinajstić information content (AvgIpc) is 3.40. The maximum absolute atomic E-state index is 6.31. The molecule has 2 unspecified atom stereocenters. The molecule has 166 valence electrons. The third kappa shape index (κ3) is 5.51. The Kier molecular flexibility index (Phi) is 8.92. The first-order valence-electron chi connectivity index (χ1n) is 11.9. The number of rotatable bonds is 14. The summed E-state index contributed by atoms with van der Waals surface area (Å²) in [7, 11) is 0. The average molecular weight is 431 g/mol. The number of hydrogen-bond acceptors (Lipinski definition) is 4. The molecule has 0 aliphatic carbocycles. The Balaban J connectivity index is 1.78. The van der Waals surface area contributed by atoms with Crippen LogP contribution in [0.4, 0.5) is 0 Å². The quantitative estimate of drug-likeness (QED) is 0.256. The second kappa shape index (κ2) is 11.6. The molecule has 0 aliphatic heterocycles. The largest absolute Gasteiger partial charge is 0.492 e. The highest BCUT2D eigenvalue weighted by atomic mass is 32.1. The van der Waals surface area contributed by atoms with Crippen LogP contribution in [0.15, 0.2) is 28.2 Å². The Morgan fingerprint density at radius 2 is 1.53 bits per heavy atom. The molecule has 3 nitrogen and oxygen atoms in total. The number of benzene rings is 1. The van der Waals surface area contributed by atoms with Crippen molar-refractivity contribution in [1.82, 2.24) is 0 Å². The van der Waals surface area contributed by atoms with E-state index < -0.39 is 0 Å². The summed E-state index contributed by atoms with van der Waals surface area (Å²) in [5.41, 5.74) is 0.891. The summed E-state index contributed by atoms with van der Waals surface area (Å²) >= 11 is 1.71. The van der Waals surface area contributed by atoms with E-state index in [0.717, 1.165) is 53.9 Å². The van der Waals surface area contributed by atoms with E-state index in [1.54, 1.807) is 17.6 Å². The van der Waals surface area contributed by atoms with E-state index in [0.29, 0.717) is 11.8 Å². The first-order chi connectivity index (χ1) is 14.7. The second-order valence-electron chi connectivity index (χ2n) is 8.47. The van der Waals surface area contributed by atoms with Gasteiger partial charge in [0.25, 0.3) is 0 Å². The smallest absolute Gasteiger partial charge is 0.149 e. The Labute approximate surface area is 185 Å². The molecule has 3 aromatic rings. The van der Waals surface area contributed by atoms with Gasteiger partial charge in [0.2, 0.25) is 0 Å². The van der Waals surface area contributed by atoms with E-state index in [4.69, 9.17) is 13.9 Å². The molecule has 2 atom stereocenters. The highest BCUT2D eigenvalue weighted by Gasteiger charge is 2.18. The van der Waals surface area contributed by atoms with E-state index in [1.807, 2.05) is 6.07 Å². The molecule has 0 saturated heterocycles. The summed E-state index contributed by atoms with van der Waals surface area (Å²) in [6.45, 7) is 10.6. The lowest BCUT2D eigenvalue weighted by Crippen LogP contribution is -2.11. The van der Waals surface area contributed by atoms with Gasteiger partial charge in [-0.25, -0.2) is 0 Å². The second-order valence-corrected chi connectivity index (χ2v) is 9.38. The molecule has 0 spiro atoms. The molecule has 30 heavy (non-hydrogen) atoms. The molecule has 2 heterocycles. The van der Waals surface area contributed by atoms with Crippen LogP contribution in [0.5, 0.6) is 11.5 Å². The van der Waals surface area contributed by atoms with Crippen molar-refractivity contribution in [3.8, 4) is 11.5 Å². The van der Waals surface area contributed by atoms with Crippen molar-refractivity contribution >= 4 is 32.4 Å². The first-order valence-corrected chi connectivity index (χ1v) is 12.8. The number of fused-ring (bicyclic) bond motifs is 3. The maximum atomic E-state index is 6.31. The minimum absolute atomic E-state index is 0.610. The Hall–Kier alpha value is -1.68. The monoisotopic (exact) mass is 430 g/mol. The van der Waals surface area contributed by atoms with Gasteiger partial charge in [-0.15, -0.1) is 11.3 Å². The molecule has 3 rings (SSSR count). The van der Waals surface area contributed by atoms with Crippen molar-refractivity contribution in [2.75, 3.05) is 13.2 Å². The van der Waals surface area contributed by atoms with Gasteiger partial charge < -0.3 is 13.9 Å². The lowest BCUT2D eigenvalue weighted by molar-refractivity contribution is 0.235. The first kappa shape index (κ1) is 23.0. The molecule has 0 aliphatic rings. The summed E-state index contributed by atoms with van der Waals surface area (Å²) < 4.78 is 19.7. The van der Waals surface area contributed by atoms with Gasteiger partial charge in [0.15, 0.2) is 0 Å². The van der Waals surface area contributed by atoms with Gasteiger partial charge in [0, 0.05) is 10.1 Å². The summed E-state index contributed by atoms with van der Waals surface area (Å²) in [6.07, 6.45) is 11.6. The molecule has 0 bridgehead atoms. The van der Waals surface area contributed by atoms with Gasteiger partial charge in [-0.1, -0.05) is 66.2 Å². The Bertz CT molecular complexity index is 894. The Morgan fingerprint density at radius 1 is 0.900 bits per heavy atom. The van der Waals surface area contributed by atoms with Crippen LogP contribution in [-0.4, -0.2) is 13.2 Å². The fourth-order valence-electron chi connectivity index (χ4n) is 4.02. The molecule has 0 N–H and O–H groups in total. The fraction of sp³-hybridized carbons (Fsp3) is 0.615. The van der Waals surface area contributed by atoms with Gasteiger partial charge in [-0.2, -0.15) is 0 Å². The third-order valence-corrected chi connectivity index (χ3v) is 7.15. The molecule has 1 aromatic carbocycles. The fourth-order valence-corrected chi connectivity index (χ4v) is 4.92. The van der Waals surface area contributed by atoms with Crippen molar-refractivity contribution in [2.45, 2.75) is 79.1 Å². The van der Waals surface area contributed by atoms with Crippen LogP contribution in [0, 0.1) is 11.8 Å². The van der Waals surface area contributed by atoms with Crippen LogP contribution in [0.2, 0.25) is 0 Å². The van der Waals surface area contributed by atoms with Gasteiger partial charge in [0.05, 0.1) is 30.2 Å². The number of ether oxygens (including phenoxy) is 2. The zero-order valence-corrected chi connectivity index (χ0v) is 20.0. The van der Waals surface area contributed by atoms with Crippen molar-refractivity contribution < 1.29 is 13.9 Å². The number of unbranched alkanes of at least 4 members (excludes halogenated alkanes) is 2.